The van der Waals surface area contributed by atoms with Crippen molar-refractivity contribution in [3.8, 4) is 39.9 Å². The maximum absolute atomic E-state index is 5.08. The van der Waals surface area contributed by atoms with E-state index in [1.165, 1.54) is 67.8 Å². The zero-order valence-corrected chi connectivity index (χ0v) is 28.7. The highest BCUT2D eigenvalue weighted by Crippen LogP contribution is 2.47. The summed E-state index contributed by atoms with van der Waals surface area (Å²) in [5, 5.41) is 7.61. The largest absolute Gasteiger partial charge is 0.309 e. The summed E-state index contributed by atoms with van der Waals surface area (Å²) in [6.45, 7) is 0. The molecule has 0 aliphatic rings. The van der Waals surface area contributed by atoms with E-state index in [2.05, 4.69) is 126 Å². The summed E-state index contributed by atoms with van der Waals surface area (Å²) in [6.07, 6.45) is 0. The summed E-state index contributed by atoms with van der Waals surface area (Å²) in [6, 6.07) is 55.8. The van der Waals surface area contributed by atoms with Crippen molar-refractivity contribution >= 4 is 84.8 Å². The van der Waals surface area contributed by atoms with E-state index in [0.717, 1.165) is 16.7 Å². The van der Waals surface area contributed by atoms with Gasteiger partial charge in [0.25, 0.3) is 0 Å². The molecule has 0 aliphatic carbocycles. The van der Waals surface area contributed by atoms with Crippen LogP contribution in [0.4, 0.5) is 0 Å². The van der Waals surface area contributed by atoms with Crippen LogP contribution in [0.2, 0.25) is 0 Å². The van der Waals surface area contributed by atoms with Crippen molar-refractivity contribution in [1.29, 1.82) is 0 Å². The molecule has 7 aromatic carbocycles. The maximum atomic E-state index is 5.08. The molecule has 0 saturated heterocycles. The molecule has 0 radical (unpaired) electrons. The van der Waals surface area contributed by atoms with Crippen LogP contribution in [-0.2, 0) is 0 Å². The summed E-state index contributed by atoms with van der Waals surface area (Å²) in [5.41, 5.74) is 6.58. The van der Waals surface area contributed by atoms with E-state index in [4.69, 9.17) is 15.0 Å². The Labute approximate surface area is 300 Å². The van der Waals surface area contributed by atoms with Crippen molar-refractivity contribution < 1.29 is 0 Å². The number of hydrogen-bond acceptors (Lipinski definition) is 5. The number of nitrogens with zero attached hydrogens (tertiary/aromatic N) is 4. The Kier molecular flexibility index (Phi) is 6.26. The molecule has 11 aromatic rings. The first kappa shape index (κ1) is 28.6. The fraction of sp³-hybridized carbons (Fsp3) is 0. The summed E-state index contributed by atoms with van der Waals surface area (Å²) in [7, 11) is 0. The van der Waals surface area contributed by atoms with Crippen LogP contribution in [0.15, 0.2) is 158 Å². The molecule has 11 rings (SSSR count). The minimum Gasteiger partial charge on any atom is -0.309 e. The molecular weight excluding hydrogens is 661 g/mol. The highest BCUT2D eigenvalue weighted by Gasteiger charge is 2.19. The van der Waals surface area contributed by atoms with Gasteiger partial charge >= 0.3 is 0 Å². The van der Waals surface area contributed by atoms with Crippen LogP contribution in [0.3, 0.4) is 0 Å². The van der Waals surface area contributed by atoms with Gasteiger partial charge in [-0.25, -0.2) is 15.0 Å². The van der Waals surface area contributed by atoms with Gasteiger partial charge in [0.1, 0.15) is 0 Å². The fourth-order valence-electron chi connectivity index (χ4n) is 7.52. The molecule has 0 aliphatic heterocycles. The Balaban J connectivity index is 1.12. The van der Waals surface area contributed by atoms with Crippen LogP contribution >= 0.6 is 22.7 Å². The molecular formula is C45H26N4S2. The molecule has 4 aromatic heterocycles. The molecule has 0 unspecified atom stereocenters. The standard InChI is InChI=1S/C45H26N4S2/c1-3-12-27(13-4-1)43-46-44(28-14-5-2-6-15-28)48-45(47-43)35-19-11-18-32-33-23-24-34-36-26-29(22-25-39(36)50-41(34)42(33)51-40(32)35)49-37-20-9-7-16-30(37)31-17-8-10-21-38(31)49/h1-26H. The molecule has 51 heavy (non-hydrogen) atoms. The maximum Gasteiger partial charge on any atom is 0.165 e. The van der Waals surface area contributed by atoms with Crippen LogP contribution in [-0.4, -0.2) is 19.5 Å². The third kappa shape index (κ3) is 4.40. The Hall–Kier alpha value is -6.21. The lowest BCUT2D eigenvalue weighted by molar-refractivity contribution is 1.08. The Morgan fingerprint density at radius 3 is 1.57 bits per heavy atom. The molecule has 238 valence electrons. The molecule has 6 heteroatoms. The number of thiophene rings is 2. The first-order valence-electron chi connectivity index (χ1n) is 16.9. The quantitative estimate of drug-likeness (QED) is 0.185. The summed E-state index contributed by atoms with van der Waals surface area (Å²) in [4.78, 5) is 15.1. The average Bonchev–Trinajstić information content (AvgIpc) is 3.88. The lowest BCUT2D eigenvalue weighted by Crippen LogP contribution is -2.00. The smallest absolute Gasteiger partial charge is 0.165 e. The number of para-hydroxylation sites is 2. The third-order valence-corrected chi connectivity index (χ3v) is 12.5. The van der Waals surface area contributed by atoms with Gasteiger partial charge in [-0.05, 0) is 36.4 Å². The van der Waals surface area contributed by atoms with Crippen molar-refractivity contribution in [2.75, 3.05) is 0 Å². The highest BCUT2D eigenvalue weighted by atomic mass is 32.1. The lowest BCUT2D eigenvalue weighted by Gasteiger charge is -2.09. The predicted molar refractivity (Wildman–Crippen MR) is 216 cm³/mol. The molecule has 0 fully saturated rings. The van der Waals surface area contributed by atoms with Gasteiger partial charge in [0.15, 0.2) is 17.5 Å². The third-order valence-electron chi connectivity index (χ3n) is 9.87. The van der Waals surface area contributed by atoms with Crippen LogP contribution in [0.25, 0.3) is 102 Å². The van der Waals surface area contributed by atoms with E-state index in [1.807, 2.05) is 59.1 Å². The van der Waals surface area contributed by atoms with E-state index in [0.29, 0.717) is 17.5 Å². The minimum absolute atomic E-state index is 0.670. The van der Waals surface area contributed by atoms with Crippen LogP contribution in [0.5, 0.6) is 0 Å². The van der Waals surface area contributed by atoms with Crippen LogP contribution in [0, 0.1) is 0 Å². The second kappa shape index (κ2) is 11.2. The Bertz CT molecular complexity index is 3030. The number of fused-ring (bicyclic) bond motifs is 10. The minimum atomic E-state index is 0.670. The normalized spacial score (nSPS) is 11.9. The lowest BCUT2D eigenvalue weighted by atomic mass is 10.1. The second-order valence-electron chi connectivity index (χ2n) is 12.8. The fourth-order valence-corrected chi connectivity index (χ4v) is 10.2. The molecule has 0 N–H and O–H groups in total. The SMILES string of the molecule is c1ccc(-c2nc(-c3ccccc3)nc(-c3cccc4c3sc3c4ccc4c5cc(-n6c7ccccc7c7ccccc76)ccc5sc43)n2)cc1. The number of aromatic nitrogens is 4. The van der Waals surface area contributed by atoms with Crippen LogP contribution in [0.1, 0.15) is 0 Å². The predicted octanol–water partition coefficient (Wildman–Crippen LogP) is 12.7. The van der Waals surface area contributed by atoms with Gasteiger partial charge in [0, 0.05) is 64.1 Å². The summed E-state index contributed by atoms with van der Waals surface area (Å²) >= 11 is 3.72. The number of benzene rings is 7. The van der Waals surface area contributed by atoms with E-state index in [1.54, 1.807) is 0 Å². The van der Waals surface area contributed by atoms with Crippen molar-refractivity contribution in [2.24, 2.45) is 0 Å². The van der Waals surface area contributed by atoms with Gasteiger partial charge in [-0.15, -0.1) is 22.7 Å². The average molecular weight is 687 g/mol. The van der Waals surface area contributed by atoms with Gasteiger partial charge in [-0.2, -0.15) is 0 Å². The van der Waals surface area contributed by atoms with E-state index >= 15 is 0 Å². The van der Waals surface area contributed by atoms with E-state index < -0.39 is 0 Å². The zero-order chi connectivity index (χ0) is 33.5. The monoisotopic (exact) mass is 686 g/mol. The van der Waals surface area contributed by atoms with E-state index in [9.17, 15) is 0 Å². The highest BCUT2D eigenvalue weighted by molar-refractivity contribution is 7.33. The van der Waals surface area contributed by atoms with Gasteiger partial charge < -0.3 is 4.57 Å². The molecule has 0 bridgehead atoms. The van der Waals surface area contributed by atoms with E-state index in [-0.39, 0.29) is 0 Å². The topological polar surface area (TPSA) is 43.6 Å². The molecule has 0 amide bonds. The second-order valence-corrected chi connectivity index (χ2v) is 14.9. The van der Waals surface area contributed by atoms with Crippen molar-refractivity contribution in [1.82, 2.24) is 19.5 Å². The van der Waals surface area contributed by atoms with Crippen molar-refractivity contribution in [2.45, 2.75) is 0 Å². The summed E-state index contributed by atoms with van der Waals surface area (Å²) in [5.74, 6) is 2.02. The van der Waals surface area contributed by atoms with Gasteiger partial charge in [0.2, 0.25) is 0 Å². The Morgan fingerprint density at radius 2 is 0.902 bits per heavy atom. The molecule has 0 spiro atoms. The van der Waals surface area contributed by atoms with Crippen LogP contribution < -0.4 is 0 Å². The molecule has 4 heterocycles. The van der Waals surface area contributed by atoms with Gasteiger partial charge in [-0.3, -0.25) is 0 Å². The van der Waals surface area contributed by atoms with Crippen molar-refractivity contribution in [3.05, 3.63) is 158 Å². The van der Waals surface area contributed by atoms with Crippen molar-refractivity contribution in [3.63, 3.8) is 0 Å². The molecule has 0 saturated carbocycles. The molecule has 0 atom stereocenters. The number of hydrogen-bond donors (Lipinski definition) is 0. The first-order valence-corrected chi connectivity index (χ1v) is 18.6. The first-order chi connectivity index (χ1) is 25.3. The number of rotatable bonds is 4. The Morgan fingerprint density at radius 1 is 0.373 bits per heavy atom. The van der Waals surface area contributed by atoms with Gasteiger partial charge in [0.05, 0.1) is 20.4 Å². The zero-order valence-electron chi connectivity index (χ0n) is 27.1. The summed E-state index contributed by atoms with van der Waals surface area (Å²) < 4.78 is 7.50. The molecule has 4 nitrogen and oxygen atoms in total. The van der Waals surface area contributed by atoms with Gasteiger partial charge in [-0.1, -0.05) is 121 Å².